The van der Waals surface area contributed by atoms with Gasteiger partial charge in [-0.1, -0.05) is 0 Å². The van der Waals surface area contributed by atoms with Crippen LogP contribution < -0.4 is 5.32 Å². The van der Waals surface area contributed by atoms with Crippen molar-refractivity contribution in [2.24, 2.45) is 0 Å². The first kappa shape index (κ1) is 10.9. The molecule has 2 aliphatic heterocycles. The molecule has 0 saturated carbocycles. The third kappa shape index (κ3) is 2.48. The second-order valence-electron chi connectivity index (χ2n) is 4.20. The Balaban J connectivity index is 2.06. The number of hydrogen-bond acceptors (Lipinski definition) is 4. The van der Waals surface area contributed by atoms with E-state index in [9.17, 15) is 4.79 Å². The number of hydrogen-bond donors (Lipinski definition) is 1. The fraction of sp³-hybridized carbons (Fsp3) is 0.900. The fourth-order valence-electron chi connectivity index (χ4n) is 2.08. The lowest BCUT2D eigenvalue weighted by Crippen LogP contribution is -2.58. The van der Waals surface area contributed by atoms with Gasteiger partial charge in [-0.25, -0.2) is 0 Å². The Kier molecular flexibility index (Phi) is 3.23. The van der Waals surface area contributed by atoms with Crippen molar-refractivity contribution in [1.29, 1.82) is 0 Å². The molecule has 15 heavy (non-hydrogen) atoms. The van der Waals surface area contributed by atoms with Crippen LogP contribution in [0.5, 0.6) is 0 Å². The predicted octanol–water partition coefficient (Wildman–Crippen LogP) is -0.776. The standard InChI is InChI=1S/C10H18N2O3/c1-9(13)12-3-5-14-8-10(7-12)6-11-2-4-15-10/h11H,2-8H2,1H3. The van der Waals surface area contributed by atoms with Gasteiger partial charge >= 0.3 is 0 Å². The molecule has 1 amide bonds. The van der Waals surface area contributed by atoms with Gasteiger partial charge in [-0.05, 0) is 0 Å². The highest BCUT2D eigenvalue weighted by molar-refractivity contribution is 5.73. The first-order valence-electron chi connectivity index (χ1n) is 5.40. The predicted molar refractivity (Wildman–Crippen MR) is 54.6 cm³/mol. The summed E-state index contributed by atoms with van der Waals surface area (Å²) in [5.74, 6) is 0.0917. The number of carbonyl (C=O) groups is 1. The maximum atomic E-state index is 11.4. The molecular formula is C10H18N2O3. The van der Waals surface area contributed by atoms with Crippen LogP contribution in [0.15, 0.2) is 0 Å². The van der Waals surface area contributed by atoms with E-state index in [4.69, 9.17) is 9.47 Å². The molecule has 2 saturated heterocycles. The molecule has 0 aromatic heterocycles. The van der Waals surface area contributed by atoms with Crippen LogP contribution in [0.25, 0.3) is 0 Å². The van der Waals surface area contributed by atoms with Gasteiger partial charge in [0.25, 0.3) is 0 Å². The highest BCUT2D eigenvalue weighted by Gasteiger charge is 2.38. The van der Waals surface area contributed by atoms with Gasteiger partial charge in [0, 0.05) is 26.6 Å². The zero-order valence-corrected chi connectivity index (χ0v) is 9.12. The Morgan fingerprint density at radius 1 is 1.47 bits per heavy atom. The summed E-state index contributed by atoms with van der Waals surface area (Å²) < 4.78 is 11.3. The molecule has 0 aliphatic carbocycles. The molecule has 5 heteroatoms. The van der Waals surface area contributed by atoms with Gasteiger partial charge in [-0.2, -0.15) is 0 Å². The molecule has 1 atom stereocenters. The summed E-state index contributed by atoms with van der Waals surface area (Å²) in [5, 5.41) is 3.29. The Labute approximate surface area is 89.7 Å². The Hall–Kier alpha value is -0.650. The zero-order chi connectivity index (χ0) is 10.7. The number of nitrogens with zero attached hydrogens (tertiary/aromatic N) is 1. The van der Waals surface area contributed by atoms with Gasteiger partial charge in [0.15, 0.2) is 0 Å². The molecular weight excluding hydrogens is 196 g/mol. The van der Waals surface area contributed by atoms with Gasteiger partial charge in [0.2, 0.25) is 5.91 Å². The van der Waals surface area contributed by atoms with Crippen LogP contribution in [-0.4, -0.2) is 62.4 Å². The van der Waals surface area contributed by atoms with Crippen molar-refractivity contribution in [1.82, 2.24) is 10.2 Å². The van der Waals surface area contributed by atoms with Crippen LogP contribution in [0, 0.1) is 0 Å². The van der Waals surface area contributed by atoms with Crippen molar-refractivity contribution in [3.05, 3.63) is 0 Å². The highest BCUT2D eigenvalue weighted by atomic mass is 16.5. The molecule has 0 radical (unpaired) electrons. The first-order chi connectivity index (χ1) is 7.22. The van der Waals surface area contributed by atoms with Gasteiger partial charge in [0.05, 0.1) is 26.4 Å². The number of morpholine rings is 1. The van der Waals surface area contributed by atoms with Crippen molar-refractivity contribution in [2.75, 3.05) is 46.0 Å². The SMILES string of the molecule is CC(=O)N1CCOCC2(CNCCO2)C1. The number of carbonyl (C=O) groups excluding carboxylic acids is 1. The van der Waals surface area contributed by atoms with Crippen LogP contribution in [-0.2, 0) is 14.3 Å². The van der Waals surface area contributed by atoms with Gasteiger partial charge in [-0.3, -0.25) is 4.79 Å². The largest absolute Gasteiger partial charge is 0.376 e. The van der Waals surface area contributed by atoms with Crippen LogP contribution in [0.3, 0.4) is 0 Å². The van der Waals surface area contributed by atoms with E-state index in [1.54, 1.807) is 11.8 Å². The molecule has 2 fully saturated rings. The highest BCUT2D eigenvalue weighted by Crippen LogP contribution is 2.18. The molecule has 1 unspecified atom stereocenters. The second-order valence-corrected chi connectivity index (χ2v) is 4.20. The number of amides is 1. The minimum atomic E-state index is -0.333. The fourth-order valence-corrected chi connectivity index (χ4v) is 2.08. The molecule has 5 nitrogen and oxygen atoms in total. The summed E-state index contributed by atoms with van der Waals surface area (Å²) in [6.45, 7) is 6.40. The summed E-state index contributed by atoms with van der Waals surface area (Å²) in [6.07, 6.45) is 0. The van der Waals surface area contributed by atoms with E-state index >= 15 is 0 Å². The van der Waals surface area contributed by atoms with E-state index < -0.39 is 0 Å². The van der Waals surface area contributed by atoms with E-state index in [-0.39, 0.29) is 11.5 Å². The van der Waals surface area contributed by atoms with Crippen molar-refractivity contribution in [2.45, 2.75) is 12.5 Å². The minimum Gasteiger partial charge on any atom is -0.376 e. The number of rotatable bonds is 0. The molecule has 0 aromatic rings. The van der Waals surface area contributed by atoms with Crippen molar-refractivity contribution in [3.8, 4) is 0 Å². The number of ether oxygens (including phenoxy) is 2. The summed E-state index contributed by atoms with van der Waals surface area (Å²) in [5.41, 5.74) is -0.333. The zero-order valence-electron chi connectivity index (χ0n) is 9.12. The molecule has 0 bridgehead atoms. The molecule has 1 N–H and O–H groups in total. The topological polar surface area (TPSA) is 50.8 Å². The van der Waals surface area contributed by atoms with Crippen molar-refractivity contribution in [3.63, 3.8) is 0 Å². The third-order valence-electron chi connectivity index (χ3n) is 2.93. The summed E-state index contributed by atoms with van der Waals surface area (Å²) in [6, 6.07) is 0. The van der Waals surface area contributed by atoms with E-state index in [2.05, 4.69) is 5.32 Å². The smallest absolute Gasteiger partial charge is 0.219 e. The van der Waals surface area contributed by atoms with Crippen LogP contribution in [0.1, 0.15) is 6.92 Å². The van der Waals surface area contributed by atoms with E-state index in [0.29, 0.717) is 32.9 Å². The molecule has 2 heterocycles. The lowest BCUT2D eigenvalue weighted by atomic mass is 10.0. The average Bonchev–Trinajstić information content (AvgIpc) is 2.43. The Morgan fingerprint density at radius 3 is 3.00 bits per heavy atom. The lowest BCUT2D eigenvalue weighted by molar-refractivity contribution is -0.137. The average molecular weight is 214 g/mol. The molecule has 86 valence electrons. The second kappa shape index (κ2) is 4.47. The quantitative estimate of drug-likeness (QED) is 0.575. The van der Waals surface area contributed by atoms with Crippen LogP contribution in [0.4, 0.5) is 0 Å². The van der Waals surface area contributed by atoms with Crippen LogP contribution >= 0.6 is 0 Å². The lowest BCUT2D eigenvalue weighted by Gasteiger charge is -2.38. The molecule has 2 aliphatic rings. The summed E-state index contributed by atoms with van der Waals surface area (Å²) in [7, 11) is 0. The number of nitrogens with one attached hydrogen (secondary N) is 1. The molecule has 0 aromatic carbocycles. The van der Waals surface area contributed by atoms with E-state index in [0.717, 1.165) is 13.1 Å². The maximum absolute atomic E-state index is 11.4. The minimum absolute atomic E-state index is 0.0917. The van der Waals surface area contributed by atoms with Crippen LogP contribution in [0.2, 0.25) is 0 Å². The van der Waals surface area contributed by atoms with Gasteiger partial charge in [-0.15, -0.1) is 0 Å². The Bertz CT molecular complexity index is 239. The first-order valence-corrected chi connectivity index (χ1v) is 5.40. The van der Waals surface area contributed by atoms with Gasteiger partial charge < -0.3 is 19.7 Å². The summed E-state index contributed by atoms with van der Waals surface area (Å²) >= 11 is 0. The van der Waals surface area contributed by atoms with Gasteiger partial charge in [0.1, 0.15) is 5.60 Å². The maximum Gasteiger partial charge on any atom is 0.219 e. The Morgan fingerprint density at radius 2 is 2.33 bits per heavy atom. The van der Waals surface area contributed by atoms with Crippen molar-refractivity contribution < 1.29 is 14.3 Å². The molecule has 2 rings (SSSR count). The van der Waals surface area contributed by atoms with Crippen molar-refractivity contribution >= 4 is 5.91 Å². The monoisotopic (exact) mass is 214 g/mol. The normalized spacial score (nSPS) is 32.7. The third-order valence-corrected chi connectivity index (χ3v) is 2.93. The summed E-state index contributed by atoms with van der Waals surface area (Å²) in [4.78, 5) is 13.2. The van der Waals surface area contributed by atoms with E-state index in [1.165, 1.54) is 0 Å². The molecule has 1 spiro atoms. The van der Waals surface area contributed by atoms with E-state index in [1.807, 2.05) is 0 Å².